The Bertz CT molecular complexity index is 616. The first-order valence-corrected chi connectivity index (χ1v) is 8.47. The molecule has 0 bridgehead atoms. The lowest BCUT2D eigenvalue weighted by molar-refractivity contribution is -0.119. The summed E-state index contributed by atoms with van der Waals surface area (Å²) in [6.07, 6.45) is 6.38. The van der Waals surface area contributed by atoms with Crippen LogP contribution in [0.5, 0.6) is 0 Å². The number of amides is 2. The van der Waals surface area contributed by atoms with Gasteiger partial charge < -0.3 is 9.80 Å². The third kappa shape index (κ3) is 2.40. The number of hydrogen-bond donors (Lipinski definition) is 0. The topological polar surface area (TPSA) is 40.6 Å². The Labute approximate surface area is 131 Å². The predicted octanol–water partition coefficient (Wildman–Crippen LogP) is 2.61. The number of carbonyl (C=O) groups excluding carboxylic acids is 2. The van der Waals surface area contributed by atoms with Gasteiger partial charge in [0.15, 0.2) is 0 Å². The number of likely N-dealkylation sites (tertiary alicyclic amines) is 1. The van der Waals surface area contributed by atoms with Gasteiger partial charge in [-0.3, -0.25) is 9.59 Å². The van der Waals surface area contributed by atoms with E-state index in [0.29, 0.717) is 0 Å². The molecule has 0 N–H and O–H groups in total. The fourth-order valence-corrected chi connectivity index (χ4v) is 3.57. The summed E-state index contributed by atoms with van der Waals surface area (Å²) < 4.78 is 0. The van der Waals surface area contributed by atoms with E-state index in [2.05, 4.69) is 0 Å². The van der Waals surface area contributed by atoms with Gasteiger partial charge in [-0.1, -0.05) is 6.07 Å². The first-order chi connectivity index (χ1) is 10.7. The molecule has 0 aromatic heterocycles. The molecule has 1 saturated heterocycles. The zero-order chi connectivity index (χ0) is 15.1. The largest absolute Gasteiger partial charge is 0.339 e. The number of fused-ring (bicyclic) bond motifs is 1. The lowest BCUT2D eigenvalue weighted by Crippen LogP contribution is -2.35. The van der Waals surface area contributed by atoms with Crippen LogP contribution >= 0.6 is 0 Å². The Hall–Kier alpha value is -1.84. The van der Waals surface area contributed by atoms with Gasteiger partial charge in [0.05, 0.1) is 0 Å². The molecular weight excluding hydrogens is 276 g/mol. The Morgan fingerprint density at radius 2 is 1.77 bits per heavy atom. The SMILES string of the molecule is O=C(c1ccc2c(c1)N(C(=O)C1CC1)CC2)N1CCCCC1. The van der Waals surface area contributed by atoms with Crippen molar-refractivity contribution in [1.29, 1.82) is 0 Å². The summed E-state index contributed by atoms with van der Waals surface area (Å²) >= 11 is 0. The summed E-state index contributed by atoms with van der Waals surface area (Å²) in [7, 11) is 0. The maximum atomic E-state index is 12.6. The minimum Gasteiger partial charge on any atom is -0.339 e. The molecule has 2 heterocycles. The highest BCUT2D eigenvalue weighted by Gasteiger charge is 2.36. The fraction of sp³-hybridized carbons (Fsp3) is 0.556. The van der Waals surface area contributed by atoms with E-state index in [1.54, 1.807) is 0 Å². The molecule has 1 aromatic rings. The average molecular weight is 298 g/mol. The van der Waals surface area contributed by atoms with Crippen LogP contribution in [0.2, 0.25) is 0 Å². The number of carbonyl (C=O) groups is 2. The summed E-state index contributed by atoms with van der Waals surface area (Å²) in [6.45, 7) is 2.49. The zero-order valence-corrected chi connectivity index (χ0v) is 12.9. The van der Waals surface area contributed by atoms with E-state index in [9.17, 15) is 9.59 Å². The van der Waals surface area contributed by atoms with Crippen molar-refractivity contribution >= 4 is 17.5 Å². The van der Waals surface area contributed by atoms with Crippen molar-refractivity contribution in [2.24, 2.45) is 5.92 Å². The van der Waals surface area contributed by atoms with E-state index in [1.165, 1.54) is 12.0 Å². The zero-order valence-electron chi connectivity index (χ0n) is 12.9. The van der Waals surface area contributed by atoms with Crippen molar-refractivity contribution in [1.82, 2.24) is 4.90 Å². The Balaban J connectivity index is 1.58. The number of nitrogens with zero attached hydrogens (tertiary/aromatic N) is 2. The highest BCUT2D eigenvalue weighted by Crippen LogP contribution is 2.37. The molecule has 0 spiro atoms. The molecule has 3 aliphatic rings. The molecule has 1 saturated carbocycles. The first-order valence-electron chi connectivity index (χ1n) is 8.47. The lowest BCUT2D eigenvalue weighted by atomic mass is 10.1. The first kappa shape index (κ1) is 13.8. The molecule has 22 heavy (non-hydrogen) atoms. The normalized spacial score (nSPS) is 20.9. The van der Waals surface area contributed by atoms with Gasteiger partial charge >= 0.3 is 0 Å². The predicted molar refractivity (Wildman–Crippen MR) is 85.0 cm³/mol. The van der Waals surface area contributed by atoms with Gasteiger partial charge in [-0.25, -0.2) is 0 Å². The monoisotopic (exact) mass is 298 g/mol. The number of rotatable bonds is 2. The molecule has 2 amide bonds. The second kappa shape index (κ2) is 5.41. The van der Waals surface area contributed by atoms with Gasteiger partial charge in [-0.15, -0.1) is 0 Å². The van der Waals surface area contributed by atoms with E-state index in [4.69, 9.17) is 0 Å². The van der Waals surface area contributed by atoms with Crippen LogP contribution in [0, 0.1) is 5.92 Å². The van der Waals surface area contributed by atoms with Gasteiger partial charge in [-0.2, -0.15) is 0 Å². The van der Waals surface area contributed by atoms with Crippen LogP contribution < -0.4 is 4.90 Å². The van der Waals surface area contributed by atoms with Crippen LogP contribution in [0.3, 0.4) is 0 Å². The maximum Gasteiger partial charge on any atom is 0.253 e. The van der Waals surface area contributed by atoms with E-state index < -0.39 is 0 Å². The Kier molecular flexibility index (Phi) is 3.40. The second-order valence-electron chi connectivity index (χ2n) is 6.71. The molecule has 1 aromatic carbocycles. The molecule has 1 aliphatic carbocycles. The third-order valence-corrected chi connectivity index (χ3v) is 5.06. The molecule has 2 aliphatic heterocycles. The highest BCUT2D eigenvalue weighted by atomic mass is 16.2. The van der Waals surface area contributed by atoms with Crippen molar-refractivity contribution in [3.05, 3.63) is 29.3 Å². The van der Waals surface area contributed by atoms with Gasteiger partial charge in [-0.05, 0) is 56.2 Å². The molecule has 0 atom stereocenters. The molecule has 4 nitrogen and oxygen atoms in total. The number of hydrogen-bond acceptors (Lipinski definition) is 2. The lowest BCUT2D eigenvalue weighted by Gasteiger charge is -2.27. The van der Waals surface area contributed by atoms with E-state index in [1.807, 2.05) is 28.0 Å². The second-order valence-corrected chi connectivity index (χ2v) is 6.71. The van der Waals surface area contributed by atoms with Crippen LogP contribution in [0.25, 0.3) is 0 Å². The molecule has 2 fully saturated rings. The molecule has 4 rings (SSSR count). The van der Waals surface area contributed by atoms with Crippen LogP contribution in [0.15, 0.2) is 18.2 Å². The molecule has 0 unspecified atom stereocenters. The summed E-state index contributed by atoms with van der Waals surface area (Å²) in [5.41, 5.74) is 2.90. The quantitative estimate of drug-likeness (QED) is 0.842. The van der Waals surface area contributed by atoms with Crippen molar-refractivity contribution in [3.8, 4) is 0 Å². The van der Waals surface area contributed by atoms with Crippen LogP contribution in [0.1, 0.15) is 48.0 Å². The Morgan fingerprint density at radius 3 is 2.50 bits per heavy atom. The minimum absolute atomic E-state index is 0.119. The van der Waals surface area contributed by atoms with Gasteiger partial charge in [0, 0.05) is 36.8 Å². The van der Waals surface area contributed by atoms with Crippen LogP contribution in [-0.4, -0.2) is 36.3 Å². The van der Waals surface area contributed by atoms with Gasteiger partial charge in [0.25, 0.3) is 5.91 Å². The standard InChI is InChI=1S/C18H22N2O2/c21-17(19-9-2-1-3-10-19)15-7-4-13-8-11-20(16(13)12-15)18(22)14-5-6-14/h4,7,12,14H,1-3,5-6,8-11H2. The van der Waals surface area contributed by atoms with Crippen LogP contribution in [-0.2, 0) is 11.2 Å². The molecule has 116 valence electrons. The number of benzene rings is 1. The summed E-state index contributed by atoms with van der Waals surface area (Å²) in [6, 6.07) is 5.91. The van der Waals surface area contributed by atoms with Gasteiger partial charge in [0.1, 0.15) is 0 Å². The van der Waals surface area contributed by atoms with E-state index >= 15 is 0 Å². The summed E-state index contributed by atoms with van der Waals surface area (Å²) in [5.74, 6) is 0.599. The van der Waals surface area contributed by atoms with Crippen molar-refractivity contribution in [2.45, 2.75) is 38.5 Å². The van der Waals surface area contributed by atoms with E-state index in [0.717, 1.165) is 63.0 Å². The van der Waals surface area contributed by atoms with Gasteiger partial charge in [0.2, 0.25) is 5.91 Å². The smallest absolute Gasteiger partial charge is 0.253 e. The van der Waals surface area contributed by atoms with Crippen LogP contribution in [0.4, 0.5) is 5.69 Å². The highest BCUT2D eigenvalue weighted by molar-refractivity contribution is 6.01. The average Bonchev–Trinajstić information content (AvgIpc) is 3.33. The maximum absolute atomic E-state index is 12.6. The molecule has 4 heteroatoms. The minimum atomic E-state index is 0.119. The summed E-state index contributed by atoms with van der Waals surface area (Å²) in [5, 5.41) is 0. The van der Waals surface area contributed by atoms with Crippen molar-refractivity contribution in [2.75, 3.05) is 24.5 Å². The van der Waals surface area contributed by atoms with Crippen molar-refractivity contribution in [3.63, 3.8) is 0 Å². The van der Waals surface area contributed by atoms with E-state index in [-0.39, 0.29) is 17.7 Å². The fourth-order valence-electron chi connectivity index (χ4n) is 3.57. The summed E-state index contributed by atoms with van der Waals surface area (Å²) in [4.78, 5) is 28.9. The molecular formula is C18H22N2O2. The third-order valence-electron chi connectivity index (χ3n) is 5.06. The molecule has 0 radical (unpaired) electrons. The number of piperidine rings is 1. The number of anilines is 1. The Morgan fingerprint density at radius 1 is 1.00 bits per heavy atom. The van der Waals surface area contributed by atoms with Crippen molar-refractivity contribution < 1.29 is 9.59 Å².